The molecule has 1 heterocycles. The van der Waals surface area contributed by atoms with Crippen molar-refractivity contribution in [2.24, 2.45) is 5.92 Å². The van der Waals surface area contributed by atoms with Crippen LogP contribution in [0, 0.1) is 5.92 Å². The molecule has 2 aromatic carbocycles. The Morgan fingerprint density at radius 3 is 2.32 bits per heavy atom. The van der Waals surface area contributed by atoms with E-state index in [1.54, 1.807) is 5.56 Å². The van der Waals surface area contributed by atoms with Crippen LogP contribution in [0.4, 0.5) is 0 Å². The number of nitrogens with one attached hydrogen (secondary N) is 1. The van der Waals surface area contributed by atoms with Gasteiger partial charge in [0, 0.05) is 32.2 Å². The third kappa shape index (κ3) is 3.41. The van der Waals surface area contributed by atoms with Gasteiger partial charge in [0.2, 0.25) is 0 Å². The van der Waals surface area contributed by atoms with E-state index in [0.29, 0.717) is 6.04 Å². The Hall–Kier alpha value is -0.800. The number of rotatable bonds is 3. The summed E-state index contributed by atoms with van der Waals surface area (Å²) < 4.78 is 0. The van der Waals surface area contributed by atoms with Crippen molar-refractivity contribution < 1.29 is 0 Å². The normalized spacial score (nSPS) is 20.0. The second-order valence-electron chi connectivity index (χ2n) is 6.14. The van der Waals surface area contributed by atoms with Crippen LogP contribution in [-0.4, -0.2) is 31.1 Å². The monoisotopic (exact) mass is 338 g/mol. The van der Waals surface area contributed by atoms with Gasteiger partial charge in [0.05, 0.1) is 0 Å². The summed E-state index contributed by atoms with van der Waals surface area (Å²) in [6.45, 7) is 4.64. The summed E-state index contributed by atoms with van der Waals surface area (Å²) in [6.07, 6.45) is 2.80. The Morgan fingerprint density at radius 2 is 1.59 bits per heavy atom. The zero-order valence-corrected chi connectivity index (χ0v) is 14.3. The smallest absolute Gasteiger partial charge is 0.0383 e. The lowest BCUT2D eigenvalue weighted by atomic mass is 9.94. The van der Waals surface area contributed by atoms with Crippen molar-refractivity contribution in [2.75, 3.05) is 26.2 Å². The summed E-state index contributed by atoms with van der Waals surface area (Å²) in [5.41, 5.74) is 1.55. The highest BCUT2D eigenvalue weighted by atomic mass is 35.5. The number of hydrogen-bond acceptors (Lipinski definition) is 2. The second-order valence-corrected chi connectivity index (χ2v) is 6.14. The first-order valence-electron chi connectivity index (χ1n) is 7.86. The Balaban J connectivity index is 0.000000882. The highest BCUT2D eigenvalue weighted by Crippen LogP contribution is 2.46. The van der Waals surface area contributed by atoms with Crippen molar-refractivity contribution in [3.63, 3.8) is 0 Å². The molecule has 4 rings (SSSR count). The lowest BCUT2D eigenvalue weighted by molar-refractivity contribution is 0.157. The number of halogens is 2. The predicted octanol–water partition coefficient (Wildman–Crippen LogP) is 4.04. The summed E-state index contributed by atoms with van der Waals surface area (Å²) in [5, 5.41) is 6.31. The molecule has 0 unspecified atom stereocenters. The number of piperazine rings is 1. The molecule has 2 fully saturated rings. The van der Waals surface area contributed by atoms with Gasteiger partial charge < -0.3 is 5.32 Å². The maximum Gasteiger partial charge on any atom is 0.0383 e. The molecule has 1 saturated carbocycles. The molecule has 0 amide bonds. The molecule has 4 heteroatoms. The average molecular weight is 339 g/mol. The molecule has 2 aromatic rings. The van der Waals surface area contributed by atoms with Crippen LogP contribution in [0.1, 0.15) is 24.4 Å². The van der Waals surface area contributed by atoms with Crippen LogP contribution in [0.3, 0.4) is 0 Å². The molecule has 0 bridgehead atoms. The molecule has 120 valence electrons. The summed E-state index contributed by atoms with van der Waals surface area (Å²) in [4.78, 5) is 2.70. The van der Waals surface area contributed by atoms with E-state index in [1.807, 2.05) is 0 Å². The molecule has 1 aliphatic heterocycles. The first kappa shape index (κ1) is 17.6. The van der Waals surface area contributed by atoms with E-state index in [9.17, 15) is 0 Å². The predicted molar refractivity (Wildman–Crippen MR) is 98.4 cm³/mol. The van der Waals surface area contributed by atoms with Crippen LogP contribution in [-0.2, 0) is 0 Å². The molecular formula is C18H24Cl2N2. The van der Waals surface area contributed by atoms with Gasteiger partial charge in [-0.1, -0.05) is 42.5 Å². The first-order chi connectivity index (χ1) is 9.93. The van der Waals surface area contributed by atoms with Gasteiger partial charge in [0.1, 0.15) is 0 Å². The van der Waals surface area contributed by atoms with Crippen LogP contribution < -0.4 is 5.32 Å². The van der Waals surface area contributed by atoms with E-state index < -0.39 is 0 Å². The van der Waals surface area contributed by atoms with Crippen molar-refractivity contribution in [3.8, 4) is 0 Å². The van der Waals surface area contributed by atoms with Crippen LogP contribution in [0.25, 0.3) is 10.8 Å². The van der Waals surface area contributed by atoms with Gasteiger partial charge in [0.25, 0.3) is 0 Å². The molecule has 0 spiro atoms. The quantitative estimate of drug-likeness (QED) is 0.908. The topological polar surface area (TPSA) is 15.3 Å². The van der Waals surface area contributed by atoms with Crippen molar-refractivity contribution in [1.29, 1.82) is 0 Å². The molecule has 22 heavy (non-hydrogen) atoms. The number of hydrogen-bond donors (Lipinski definition) is 1. The summed E-state index contributed by atoms with van der Waals surface area (Å²) >= 11 is 0. The maximum atomic E-state index is 3.48. The highest BCUT2D eigenvalue weighted by Gasteiger charge is 2.37. The molecule has 2 aliphatic rings. The third-order valence-electron chi connectivity index (χ3n) is 4.76. The first-order valence-corrected chi connectivity index (χ1v) is 7.86. The van der Waals surface area contributed by atoms with E-state index in [2.05, 4.69) is 52.7 Å². The number of fused-ring (bicyclic) bond motifs is 1. The number of benzene rings is 2. The van der Waals surface area contributed by atoms with Crippen molar-refractivity contribution in [3.05, 3.63) is 48.0 Å². The van der Waals surface area contributed by atoms with E-state index in [-0.39, 0.29) is 24.8 Å². The summed E-state index contributed by atoms with van der Waals surface area (Å²) in [7, 11) is 0. The molecule has 1 saturated heterocycles. The van der Waals surface area contributed by atoms with Crippen molar-refractivity contribution in [1.82, 2.24) is 10.2 Å². The molecule has 0 aromatic heterocycles. The minimum absolute atomic E-state index is 0. The fourth-order valence-electron chi connectivity index (χ4n) is 3.63. The third-order valence-corrected chi connectivity index (χ3v) is 4.76. The van der Waals surface area contributed by atoms with E-state index in [1.165, 1.54) is 36.7 Å². The van der Waals surface area contributed by atoms with Crippen LogP contribution >= 0.6 is 24.8 Å². The van der Waals surface area contributed by atoms with Gasteiger partial charge in [-0.15, -0.1) is 24.8 Å². The summed E-state index contributed by atoms with van der Waals surface area (Å²) in [6, 6.07) is 16.3. The van der Waals surface area contributed by atoms with Crippen molar-refractivity contribution in [2.45, 2.75) is 18.9 Å². The zero-order chi connectivity index (χ0) is 13.4. The molecule has 1 N–H and O–H groups in total. The fourth-order valence-corrected chi connectivity index (χ4v) is 3.63. The van der Waals surface area contributed by atoms with Gasteiger partial charge in [0.15, 0.2) is 0 Å². The molecule has 1 aliphatic carbocycles. The van der Waals surface area contributed by atoms with E-state index >= 15 is 0 Å². The minimum Gasteiger partial charge on any atom is -0.314 e. The molecule has 1 atom stereocenters. The van der Waals surface area contributed by atoms with Gasteiger partial charge in [-0.3, -0.25) is 4.90 Å². The van der Waals surface area contributed by atoms with Gasteiger partial charge >= 0.3 is 0 Å². The van der Waals surface area contributed by atoms with Gasteiger partial charge in [-0.2, -0.15) is 0 Å². The fraction of sp³-hybridized carbons (Fsp3) is 0.444. The van der Waals surface area contributed by atoms with Crippen molar-refractivity contribution >= 4 is 35.6 Å². The highest BCUT2D eigenvalue weighted by molar-refractivity contribution is 5.86. The zero-order valence-electron chi connectivity index (χ0n) is 12.7. The maximum absolute atomic E-state index is 3.48. The molecule has 0 radical (unpaired) electrons. The van der Waals surface area contributed by atoms with Crippen LogP contribution in [0.5, 0.6) is 0 Å². The molecular weight excluding hydrogens is 315 g/mol. The lowest BCUT2D eigenvalue weighted by Gasteiger charge is -2.36. The van der Waals surface area contributed by atoms with Crippen LogP contribution in [0.2, 0.25) is 0 Å². The van der Waals surface area contributed by atoms with Crippen LogP contribution in [0.15, 0.2) is 42.5 Å². The Labute approximate surface area is 145 Å². The van der Waals surface area contributed by atoms with Gasteiger partial charge in [-0.25, -0.2) is 0 Å². The Kier molecular flexibility index (Phi) is 6.10. The lowest BCUT2D eigenvalue weighted by Crippen LogP contribution is -2.45. The standard InChI is InChI=1S/C18H22N2.2ClH/c1-2-6-16-14(4-1)5-3-7-17(16)18(15-8-9-15)20-12-10-19-11-13-20;;/h1-7,15,18-19H,8-13H2;2*1H/t18-;;/m0../s1. The minimum atomic E-state index is 0. The van der Waals surface area contributed by atoms with Gasteiger partial charge in [-0.05, 0) is 35.1 Å². The van der Waals surface area contributed by atoms with E-state index in [0.717, 1.165) is 19.0 Å². The largest absolute Gasteiger partial charge is 0.314 e. The SMILES string of the molecule is Cl.Cl.c1ccc2c([C@H](C3CC3)N3CCNCC3)cccc2c1. The Morgan fingerprint density at radius 1 is 0.909 bits per heavy atom. The van der Waals surface area contributed by atoms with E-state index in [4.69, 9.17) is 0 Å². The number of nitrogens with zero attached hydrogens (tertiary/aromatic N) is 1. The second kappa shape index (κ2) is 7.65. The molecule has 2 nitrogen and oxygen atoms in total. The average Bonchev–Trinajstić information content (AvgIpc) is 3.34. The Bertz CT molecular complexity index is 602. The summed E-state index contributed by atoms with van der Waals surface area (Å²) in [5.74, 6) is 0.874.